The third-order valence-electron chi connectivity index (χ3n) is 3.40. The van der Waals surface area contributed by atoms with Crippen LogP contribution in [0.1, 0.15) is 22.5 Å². The minimum atomic E-state index is -0.766. The van der Waals surface area contributed by atoms with Gasteiger partial charge in [-0.2, -0.15) is 0 Å². The first-order valence-corrected chi connectivity index (χ1v) is 8.52. The van der Waals surface area contributed by atoms with Crippen molar-refractivity contribution in [3.63, 3.8) is 0 Å². The van der Waals surface area contributed by atoms with Crippen LogP contribution in [0.2, 0.25) is 0 Å². The van der Waals surface area contributed by atoms with Crippen molar-refractivity contribution in [3.05, 3.63) is 64.8 Å². The number of hydrogen-bond acceptors (Lipinski definition) is 6. The van der Waals surface area contributed by atoms with Crippen molar-refractivity contribution in [1.29, 1.82) is 0 Å². The molecule has 0 radical (unpaired) electrons. The number of ether oxygens (including phenoxy) is 1. The summed E-state index contributed by atoms with van der Waals surface area (Å²) in [7, 11) is 0. The molecule has 1 aromatic carbocycles. The van der Waals surface area contributed by atoms with Gasteiger partial charge in [-0.3, -0.25) is 4.79 Å². The first kappa shape index (κ1) is 16.9. The molecule has 0 saturated carbocycles. The van der Waals surface area contributed by atoms with Gasteiger partial charge in [-0.05, 0) is 18.4 Å². The number of aromatic nitrogens is 1. The number of rotatable bonds is 6. The molecule has 128 valence electrons. The molecule has 0 aliphatic carbocycles. The van der Waals surface area contributed by atoms with Crippen molar-refractivity contribution in [2.24, 2.45) is 0 Å². The van der Waals surface area contributed by atoms with Crippen molar-refractivity contribution in [2.75, 3.05) is 0 Å². The molecule has 1 unspecified atom stereocenters. The van der Waals surface area contributed by atoms with Crippen LogP contribution in [0, 0.1) is 0 Å². The number of carbonyl (C=O) groups excluding carboxylic acids is 2. The second-order valence-electron chi connectivity index (χ2n) is 5.26. The van der Waals surface area contributed by atoms with E-state index in [0.717, 1.165) is 5.56 Å². The summed E-state index contributed by atoms with van der Waals surface area (Å²) in [4.78, 5) is 28.5. The lowest BCUT2D eigenvalue weighted by Gasteiger charge is -2.11. The Balaban J connectivity index is 1.52. The predicted octanol–water partition coefficient (Wildman–Crippen LogP) is 3.26. The van der Waals surface area contributed by atoms with Gasteiger partial charge in [-0.15, -0.1) is 11.3 Å². The van der Waals surface area contributed by atoms with E-state index in [0.29, 0.717) is 16.5 Å². The lowest BCUT2D eigenvalue weighted by Crippen LogP contribution is -2.39. The third-order valence-corrected chi connectivity index (χ3v) is 4.26. The Bertz CT molecular complexity index is 843. The first-order valence-electron chi connectivity index (χ1n) is 7.64. The van der Waals surface area contributed by atoms with E-state index in [1.807, 2.05) is 30.3 Å². The van der Waals surface area contributed by atoms with E-state index in [2.05, 4.69) is 10.3 Å². The summed E-state index contributed by atoms with van der Waals surface area (Å²) in [5, 5.41) is 4.39. The Kier molecular flexibility index (Phi) is 5.25. The van der Waals surface area contributed by atoms with Gasteiger partial charge in [0.2, 0.25) is 5.89 Å². The molecular weight excluding hydrogens is 340 g/mol. The van der Waals surface area contributed by atoms with Gasteiger partial charge in [0.15, 0.2) is 12.4 Å². The van der Waals surface area contributed by atoms with Crippen LogP contribution in [0.4, 0.5) is 0 Å². The fraction of sp³-hybridized carbons (Fsp3) is 0.167. The Labute approximate surface area is 148 Å². The van der Waals surface area contributed by atoms with Crippen LogP contribution in [0.5, 0.6) is 0 Å². The Hall–Kier alpha value is -2.93. The quantitative estimate of drug-likeness (QED) is 0.686. The maximum atomic E-state index is 12.0. The zero-order chi connectivity index (χ0) is 17.6. The number of thiophene rings is 1. The molecule has 0 aliphatic heterocycles. The Morgan fingerprint density at radius 2 is 2.04 bits per heavy atom. The van der Waals surface area contributed by atoms with E-state index < -0.39 is 12.0 Å². The van der Waals surface area contributed by atoms with Crippen molar-refractivity contribution in [2.45, 2.75) is 19.6 Å². The topological polar surface area (TPSA) is 81.4 Å². The average molecular weight is 356 g/mol. The normalized spacial score (nSPS) is 11.7. The van der Waals surface area contributed by atoms with E-state index in [4.69, 9.17) is 9.15 Å². The van der Waals surface area contributed by atoms with Gasteiger partial charge in [0.1, 0.15) is 6.04 Å². The zero-order valence-electron chi connectivity index (χ0n) is 13.5. The number of carbonyl (C=O) groups is 2. The standard InChI is InChI=1S/C18H16N2O4S/c1-12(20-17(21)15-8-5-9-25-15)18(22)23-11-16-19-10-14(24-16)13-6-3-2-4-7-13/h2-10,12H,11H2,1H3,(H,20,21). The minimum absolute atomic E-state index is 0.0924. The Morgan fingerprint density at radius 3 is 2.76 bits per heavy atom. The number of hydrogen-bond donors (Lipinski definition) is 1. The van der Waals surface area contributed by atoms with E-state index in [1.165, 1.54) is 11.3 Å². The van der Waals surface area contributed by atoms with Crippen molar-refractivity contribution >= 4 is 23.2 Å². The molecule has 7 heteroatoms. The maximum absolute atomic E-state index is 12.0. The molecule has 3 aromatic rings. The SMILES string of the molecule is CC(NC(=O)c1cccs1)C(=O)OCc1ncc(-c2ccccc2)o1. The van der Waals surface area contributed by atoms with Gasteiger partial charge < -0.3 is 14.5 Å². The number of benzene rings is 1. The summed E-state index contributed by atoms with van der Waals surface area (Å²) in [5.41, 5.74) is 0.893. The number of esters is 1. The summed E-state index contributed by atoms with van der Waals surface area (Å²) in [6.45, 7) is 1.48. The molecule has 1 amide bonds. The van der Waals surface area contributed by atoms with Gasteiger partial charge in [0.25, 0.3) is 5.91 Å². The number of oxazole rings is 1. The number of amides is 1. The zero-order valence-corrected chi connectivity index (χ0v) is 14.3. The average Bonchev–Trinajstić information content (AvgIpc) is 3.32. The molecule has 1 N–H and O–H groups in total. The number of nitrogens with zero attached hydrogens (tertiary/aromatic N) is 1. The summed E-state index contributed by atoms with van der Waals surface area (Å²) in [5.74, 6) is 0.0426. The highest BCUT2D eigenvalue weighted by Gasteiger charge is 2.19. The van der Waals surface area contributed by atoms with Crippen LogP contribution in [0.15, 0.2) is 58.5 Å². The summed E-state index contributed by atoms with van der Waals surface area (Å²) >= 11 is 1.31. The van der Waals surface area contributed by atoms with E-state index in [9.17, 15) is 9.59 Å². The summed E-state index contributed by atoms with van der Waals surface area (Å²) in [6.07, 6.45) is 1.58. The number of nitrogens with one attached hydrogen (secondary N) is 1. The van der Waals surface area contributed by atoms with Crippen LogP contribution >= 0.6 is 11.3 Å². The molecule has 2 heterocycles. The Morgan fingerprint density at radius 1 is 1.24 bits per heavy atom. The van der Waals surface area contributed by atoms with Gasteiger partial charge >= 0.3 is 5.97 Å². The molecule has 1 atom stereocenters. The lowest BCUT2D eigenvalue weighted by molar-refractivity contribution is -0.147. The van der Waals surface area contributed by atoms with E-state index in [1.54, 1.807) is 30.6 Å². The van der Waals surface area contributed by atoms with Crippen LogP contribution < -0.4 is 5.32 Å². The van der Waals surface area contributed by atoms with Crippen LogP contribution in [0.3, 0.4) is 0 Å². The van der Waals surface area contributed by atoms with Gasteiger partial charge in [0, 0.05) is 5.56 Å². The fourth-order valence-corrected chi connectivity index (χ4v) is 2.73. The molecular formula is C18H16N2O4S. The minimum Gasteiger partial charge on any atom is -0.454 e. The van der Waals surface area contributed by atoms with Crippen molar-refractivity contribution < 1.29 is 18.7 Å². The van der Waals surface area contributed by atoms with E-state index in [-0.39, 0.29) is 12.5 Å². The van der Waals surface area contributed by atoms with Gasteiger partial charge in [-0.25, -0.2) is 9.78 Å². The highest BCUT2D eigenvalue weighted by Crippen LogP contribution is 2.20. The molecule has 0 aliphatic rings. The van der Waals surface area contributed by atoms with Crippen LogP contribution in [0.25, 0.3) is 11.3 Å². The summed E-state index contributed by atoms with van der Waals surface area (Å²) in [6, 6.07) is 12.2. The van der Waals surface area contributed by atoms with Crippen molar-refractivity contribution in [1.82, 2.24) is 10.3 Å². The highest BCUT2D eigenvalue weighted by atomic mass is 32.1. The largest absolute Gasteiger partial charge is 0.454 e. The smallest absolute Gasteiger partial charge is 0.328 e. The summed E-state index contributed by atoms with van der Waals surface area (Å²) < 4.78 is 10.7. The van der Waals surface area contributed by atoms with Gasteiger partial charge in [-0.1, -0.05) is 36.4 Å². The molecule has 3 rings (SSSR count). The van der Waals surface area contributed by atoms with Crippen LogP contribution in [-0.4, -0.2) is 22.9 Å². The molecule has 2 aromatic heterocycles. The molecule has 25 heavy (non-hydrogen) atoms. The first-order chi connectivity index (χ1) is 12.1. The molecule has 0 saturated heterocycles. The second kappa shape index (κ2) is 7.76. The predicted molar refractivity (Wildman–Crippen MR) is 93.0 cm³/mol. The molecule has 0 bridgehead atoms. The monoisotopic (exact) mass is 356 g/mol. The molecule has 0 spiro atoms. The van der Waals surface area contributed by atoms with Gasteiger partial charge in [0.05, 0.1) is 11.1 Å². The van der Waals surface area contributed by atoms with E-state index >= 15 is 0 Å². The second-order valence-corrected chi connectivity index (χ2v) is 6.21. The highest BCUT2D eigenvalue weighted by molar-refractivity contribution is 7.12. The molecule has 6 nitrogen and oxygen atoms in total. The maximum Gasteiger partial charge on any atom is 0.328 e. The van der Waals surface area contributed by atoms with Crippen molar-refractivity contribution in [3.8, 4) is 11.3 Å². The lowest BCUT2D eigenvalue weighted by atomic mass is 10.2. The fourth-order valence-electron chi connectivity index (χ4n) is 2.11. The van der Waals surface area contributed by atoms with Crippen LogP contribution in [-0.2, 0) is 16.1 Å². The molecule has 0 fully saturated rings. The third kappa shape index (κ3) is 4.33.